The molecule has 13 heavy (non-hydrogen) atoms. The summed E-state index contributed by atoms with van der Waals surface area (Å²) >= 11 is 1.44. The molecule has 2 nitrogen and oxygen atoms in total. The van der Waals surface area contributed by atoms with Crippen LogP contribution < -0.4 is 5.73 Å². The molecule has 3 heteroatoms. The first-order valence-electron chi connectivity index (χ1n) is 3.94. The van der Waals surface area contributed by atoms with Gasteiger partial charge in [0.2, 0.25) is 0 Å². The van der Waals surface area contributed by atoms with Crippen LogP contribution in [0, 0.1) is 6.92 Å². The quantitative estimate of drug-likeness (QED) is 0.697. The minimum atomic E-state index is 0.773. The summed E-state index contributed by atoms with van der Waals surface area (Å²) in [5, 5.41) is 0.773. The monoisotopic (exact) mass is 192 g/mol. The molecule has 0 atom stereocenters. The number of aryl methyl sites for hydroxylation is 1. The molecule has 0 unspecified atom stereocenters. The Morgan fingerprint density at radius 2 is 1.92 bits per heavy atom. The maximum absolute atomic E-state index is 5.23. The number of rotatable bonds is 0. The fraction of sp³-hybridized carbons (Fsp3) is 0.100. The van der Waals surface area contributed by atoms with Crippen LogP contribution in [0.3, 0.4) is 0 Å². The lowest BCUT2D eigenvalue weighted by atomic mass is 10.2. The van der Waals surface area contributed by atoms with E-state index in [0.29, 0.717) is 0 Å². The second-order valence-electron chi connectivity index (χ2n) is 2.56. The van der Waals surface area contributed by atoms with E-state index in [-0.39, 0.29) is 0 Å². The topological polar surface area (TPSA) is 38.9 Å². The van der Waals surface area contributed by atoms with Crippen molar-refractivity contribution in [2.75, 3.05) is 5.73 Å². The van der Waals surface area contributed by atoms with Gasteiger partial charge in [0, 0.05) is 0 Å². The number of benzene rings is 1. The molecule has 0 spiro atoms. The van der Waals surface area contributed by atoms with Gasteiger partial charge in [-0.1, -0.05) is 35.9 Å². The maximum Gasteiger partial charge on any atom is 0.106 e. The van der Waals surface area contributed by atoms with Crippen molar-refractivity contribution in [3.05, 3.63) is 47.6 Å². The van der Waals surface area contributed by atoms with Gasteiger partial charge in [-0.15, -0.1) is 11.3 Å². The molecule has 1 aromatic carbocycles. The molecule has 0 aliphatic carbocycles. The van der Waals surface area contributed by atoms with Gasteiger partial charge in [0.15, 0.2) is 0 Å². The molecular formula is C10H12N2S. The minimum absolute atomic E-state index is 0.773. The third-order valence-electron chi connectivity index (χ3n) is 1.39. The summed E-state index contributed by atoms with van der Waals surface area (Å²) in [4.78, 5) is 3.72. The Labute approximate surface area is 82.1 Å². The summed E-state index contributed by atoms with van der Waals surface area (Å²) in [5.41, 5.74) is 8.26. The van der Waals surface area contributed by atoms with Gasteiger partial charge in [0.05, 0.1) is 11.7 Å². The molecule has 1 heterocycles. The molecule has 2 rings (SSSR count). The lowest BCUT2D eigenvalue weighted by Gasteiger charge is -1.82. The molecule has 0 saturated carbocycles. The Morgan fingerprint density at radius 3 is 2.15 bits per heavy atom. The highest BCUT2D eigenvalue weighted by molar-refractivity contribution is 7.13. The summed E-state index contributed by atoms with van der Waals surface area (Å²) in [7, 11) is 0. The second-order valence-corrected chi connectivity index (χ2v) is 3.48. The molecule has 0 aliphatic heterocycles. The first-order valence-corrected chi connectivity index (χ1v) is 4.82. The first-order chi connectivity index (χ1) is 6.29. The number of nitrogen functional groups attached to an aromatic ring is 1. The highest BCUT2D eigenvalue weighted by Crippen LogP contribution is 2.04. The average molecular weight is 192 g/mol. The van der Waals surface area contributed by atoms with Crippen LogP contribution in [0.5, 0.6) is 0 Å². The number of anilines is 1. The normalized spacial score (nSPS) is 8.69. The van der Waals surface area contributed by atoms with Crippen LogP contribution in [-0.4, -0.2) is 4.98 Å². The maximum atomic E-state index is 5.23. The zero-order valence-electron chi connectivity index (χ0n) is 7.47. The number of hydrogen-bond acceptors (Lipinski definition) is 3. The summed E-state index contributed by atoms with van der Waals surface area (Å²) in [6.45, 7) is 2.08. The molecular weight excluding hydrogens is 180 g/mol. The van der Waals surface area contributed by atoms with Crippen LogP contribution >= 0.6 is 11.3 Å². The van der Waals surface area contributed by atoms with Crippen molar-refractivity contribution in [3.8, 4) is 0 Å². The Morgan fingerprint density at radius 1 is 1.23 bits per heavy atom. The predicted octanol–water partition coefficient (Wildman–Crippen LogP) is 2.72. The number of thiazole rings is 1. The molecule has 0 fully saturated rings. The molecule has 2 N–H and O–H groups in total. The Kier molecular flexibility index (Phi) is 3.99. The van der Waals surface area contributed by atoms with Crippen LogP contribution in [-0.2, 0) is 0 Å². The number of nitrogens with zero attached hydrogens (tertiary/aromatic N) is 1. The third-order valence-corrected chi connectivity index (χ3v) is 2.00. The van der Waals surface area contributed by atoms with E-state index < -0.39 is 0 Å². The fourth-order valence-corrected chi connectivity index (χ4v) is 1.13. The van der Waals surface area contributed by atoms with Gasteiger partial charge < -0.3 is 5.73 Å². The highest BCUT2D eigenvalue weighted by Gasteiger charge is 1.76. The second kappa shape index (κ2) is 5.32. The van der Waals surface area contributed by atoms with Gasteiger partial charge in [-0.2, -0.15) is 0 Å². The smallest absolute Gasteiger partial charge is 0.106 e. The van der Waals surface area contributed by atoms with Crippen molar-refractivity contribution in [2.45, 2.75) is 6.92 Å². The van der Waals surface area contributed by atoms with Crippen LogP contribution in [0.25, 0.3) is 0 Å². The minimum Gasteiger partial charge on any atom is -0.389 e. The van der Waals surface area contributed by atoms with E-state index in [9.17, 15) is 0 Å². The van der Waals surface area contributed by atoms with Gasteiger partial charge in [-0.25, -0.2) is 0 Å². The average Bonchev–Trinajstić information content (AvgIpc) is 2.58. The van der Waals surface area contributed by atoms with E-state index in [2.05, 4.69) is 24.0 Å². The van der Waals surface area contributed by atoms with Crippen LogP contribution in [0.2, 0.25) is 0 Å². The zero-order chi connectivity index (χ0) is 9.52. The summed E-state index contributed by atoms with van der Waals surface area (Å²) < 4.78 is 0. The Hall–Kier alpha value is -1.35. The van der Waals surface area contributed by atoms with E-state index in [1.165, 1.54) is 16.9 Å². The largest absolute Gasteiger partial charge is 0.389 e. The van der Waals surface area contributed by atoms with E-state index >= 15 is 0 Å². The summed E-state index contributed by atoms with van der Waals surface area (Å²) in [6.07, 6.45) is 1.63. The van der Waals surface area contributed by atoms with Crippen molar-refractivity contribution in [3.63, 3.8) is 0 Å². The van der Waals surface area contributed by atoms with E-state index in [1.54, 1.807) is 11.7 Å². The molecule has 1 aromatic heterocycles. The van der Waals surface area contributed by atoms with Gasteiger partial charge in [-0.05, 0) is 6.92 Å². The van der Waals surface area contributed by atoms with Gasteiger partial charge >= 0.3 is 0 Å². The molecule has 0 aliphatic rings. The van der Waals surface area contributed by atoms with Crippen LogP contribution in [0.15, 0.2) is 42.0 Å². The molecule has 0 saturated heterocycles. The van der Waals surface area contributed by atoms with Gasteiger partial charge in [0.1, 0.15) is 5.00 Å². The molecule has 0 radical (unpaired) electrons. The van der Waals surface area contributed by atoms with E-state index in [4.69, 9.17) is 5.73 Å². The summed E-state index contributed by atoms with van der Waals surface area (Å²) in [5.74, 6) is 0. The molecule has 2 aromatic rings. The highest BCUT2D eigenvalue weighted by atomic mass is 32.1. The standard InChI is InChI=1S/C7H8.C3H4N2S/c1-7-5-3-2-4-6-7;4-3-1-5-2-6-3/h2-6H,1H3;1-2H,4H2. The summed E-state index contributed by atoms with van der Waals surface area (Å²) in [6, 6.07) is 10.3. The molecule has 0 amide bonds. The van der Waals surface area contributed by atoms with Crippen molar-refractivity contribution in [1.29, 1.82) is 0 Å². The van der Waals surface area contributed by atoms with Crippen LogP contribution in [0.1, 0.15) is 5.56 Å². The first kappa shape index (κ1) is 9.74. The van der Waals surface area contributed by atoms with E-state index in [0.717, 1.165) is 5.00 Å². The van der Waals surface area contributed by atoms with Gasteiger partial charge in [-0.3, -0.25) is 4.98 Å². The van der Waals surface area contributed by atoms with Gasteiger partial charge in [0.25, 0.3) is 0 Å². The van der Waals surface area contributed by atoms with Crippen molar-refractivity contribution >= 4 is 16.3 Å². The van der Waals surface area contributed by atoms with Crippen molar-refractivity contribution in [1.82, 2.24) is 4.98 Å². The predicted molar refractivity (Wildman–Crippen MR) is 57.7 cm³/mol. The number of hydrogen-bond donors (Lipinski definition) is 1. The van der Waals surface area contributed by atoms with Crippen LogP contribution in [0.4, 0.5) is 5.00 Å². The molecule has 0 bridgehead atoms. The lowest BCUT2D eigenvalue weighted by molar-refractivity contribution is 1.43. The lowest BCUT2D eigenvalue weighted by Crippen LogP contribution is -1.73. The third kappa shape index (κ3) is 4.28. The number of aromatic nitrogens is 1. The van der Waals surface area contributed by atoms with Crippen molar-refractivity contribution in [2.24, 2.45) is 0 Å². The number of nitrogens with two attached hydrogens (primary N) is 1. The van der Waals surface area contributed by atoms with Crippen molar-refractivity contribution < 1.29 is 0 Å². The fourth-order valence-electron chi connectivity index (χ4n) is 0.760. The van der Waals surface area contributed by atoms with E-state index in [1.807, 2.05) is 18.2 Å². The zero-order valence-corrected chi connectivity index (χ0v) is 8.29. The SMILES string of the molecule is Cc1ccccc1.Nc1cncs1. The Bertz CT molecular complexity index is 316. The Balaban J connectivity index is 0.000000132. The molecule has 68 valence electrons.